The Morgan fingerprint density at radius 3 is 1.85 bits per heavy atom. The van der Waals surface area contributed by atoms with Crippen LogP contribution in [-0.2, 0) is 66.8 Å². The maximum absolute atomic E-state index is 16.4. The normalized spacial score (nSPS) is 27.7. The molecule has 3 aromatic rings. The minimum atomic E-state index is -2.54. The fourth-order valence-corrected chi connectivity index (χ4v) is 16.6. The molecule has 3 aliphatic carbocycles. The molecule has 14 atom stereocenters. The van der Waals surface area contributed by atoms with Gasteiger partial charge in [-0.1, -0.05) is 99.8 Å². The average molecular weight is 1380 g/mol. The molecule has 25 nitrogen and oxygen atoms in total. The van der Waals surface area contributed by atoms with Crippen LogP contribution in [0.3, 0.4) is 0 Å². The summed E-state index contributed by atoms with van der Waals surface area (Å²) in [5.41, 5.74) is -7.92. The van der Waals surface area contributed by atoms with Crippen molar-refractivity contribution in [2.75, 3.05) is 32.0 Å². The zero-order valence-corrected chi connectivity index (χ0v) is 57.2. The number of Topliss-reactive ketones (excluding diaryl/α,β-unsaturated/α-hetero) is 1. The van der Waals surface area contributed by atoms with Crippen molar-refractivity contribution >= 4 is 77.1 Å². The first-order chi connectivity index (χ1) is 46.8. The van der Waals surface area contributed by atoms with E-state index in [0.29, 0.717) is 62.4 Å². The Bertz CT molecular complexity index is 3450. The van der Waals surface area contributed by atoms with Crippen LogP contribution in [0.5, 0.6) is 0 Å². The molecule has 0 unspecified atom stereocenters. The number of amides is 6. The number of benzene rings is 3. The summed E-state index contributed by atoms with van der Waals surface area (Å²) in [4.78, 5) is 150. The van der Waals surface area contributed by atoms with Gasteiger partial charge in [0.15, 0.2) is 23.6 Å². The summed E-state index contributed by atoms with van der Waals surface area (Å²) in [5, 5.41) is 43.9. The number of carbonyl (C=O) groups is 11. The summed E-state index contributed by atoms with van der Waals surface area (Å²) in [6.07, 6.45) is -4.21. The summed E-state index contributed by atoms with van der Waals surface area (Å²) >= 11 is 1.86. The average Bonchev–Trinajstić information content (AvgIpc) is 0.757. The van der Waals surface area contributed by atoms with Crippen LogP contribution in [0.15, 0.2) is 102 Å². The van der Waals surface area contributed by atoms with Crippen molar-refractivity contribution in [1.29, 1.82) is 0 Å². The van der Waals surface area contributed by atoms with Crippen molar-refractivity contribution in [2.45, 2.75) is 209 Å². The standard InChI is InChI=1S/C72H92N6O19S/c1-42-49(94-67(89)60(85)58(45-24-12-7-13-25-45)77-65(87)46-26-14-8-15-27-46)39-72(91)64(96-66(88)47-28-16-9-17-29-47)62-70(6,63(86)61(93-43(2)79)57(42)69(72,4)5)51(38-52-71(62,41-92-52)97-44(3)80)95-56(84)34-37-75-55(83)32-19-11-23-35-73-53(81)31-18-10-22-36-74-54(82)33-21-20-30-50-59-48(40-98-50)76-68(90)78-59/h7-9,12-17,24-29,48-52,58-62,64,85,91H,10-11,18-23,30-41H2,1-6H3,(H,73,81)(H,74,82)(H,75,83)(H,77,87)(H2,76,78,90)/t48-,49-,50-,51-,52+,58-,59-,60+,61+,62-,64-,70+,71-,72+/m0/s1. The van der Waals surface area contributed by atoms with Crippen molar-refractivity contribution < 1.29 is 91.4 Å². The van der Waals surface area contributed by atoms with Crippen molar-refractivity contribution in [3.8, 4) is 0 Å². The predicted molar refractivity (Wildman–Crippen MR) is 356 cm³/mol. The van der Waals surface area contributed by atoms with Crippen LogP contribution in [0, 0.1) is 16.7 Å². The maximum Gasteiger partial charge on any atom is 0.338 e. The lowest BCUT2D eigenvalue weighted by Gasteiger charge is -2.67. The van der Waals surface area contributed by atoms with E-state index in [-0.39, 0.29) is 77.5 Å². The van der Waals surface area contributed by atoms with Gasteiger partial charge in [0.2, 0.25) is 17.7 Å². The number of fused-ring (bicyclic) bond motifs is 6. The predicted octanol–water partition coefficient (Wildman–Crippen LogP) is 5.87. The fraction of sp³-hybridized carbons (Fsp3) is 0.569. The Morgan fingerprint density at radius 1 is 0.684 bits per heavy atom. The zero-order chi connectivity index (χ0) is 70.5. The second-order valence-corrected chi connectivity index (χ2v) is 28.4. The van der Waals surface area contributed by atoms with Crippen LogP contribution in [0.4, 0.5) is 4.79 Å². The molecular weight excluding hydrogens is 1280 g/mol. The monoisotopic (exact) mass is 1380 g/mol. The molecular formula is C72H92N6O19S. The van der Waals surface area contributed by atoms with Crippen LogP contribution in [0.25, 0.3) is 0 Å². The smallest absolute Gasteiger partial charge is 0.338 e. The number of hydrogen-bond donors (Lipinski definition) is 8. The van der Waals surface area contributed by atoms with Gasteiger partial charge in [0, 0.05) is 87.6 Å². The number of ether oxygens (including phenoxy) is 6. The van der Waals surface area contributed by atoms with Crippen LogP contribution >= 0.6 is 11.8 Å². The van der Waals surface area contributed by atoms with E-state index < -0.39 is 132 Å². The highest BCUT2D eigenvalue weighted by Crippen LogP contribution is 2.65. The Balaban J connectivity index is 0.840. The highest BCUT2D eigenvalue weighted by Gasteiger charge is 2.79. The van der Waals surface area contributed by atoms with E-state index in [1.54, 1.807) is 78.9 Å². The minimum absolute atomic E-state index is 0.00336. The summed E-state index contributed by atoms with van der Waals surface area (Å²) in [5.74, 6) is -7.80. The number of unbranched alkanes of at least 4 members (excludes halogenated alkanes) is 5. The Hall–Kier alpha value is -8.20. The van der Waals surface area contributed by atoms with Gasteiger partial charge in [0.05, 0.1) is 48.0 Å². The number of rotatable bonds is 31. The molecule has 98 heavy (non-hydrogen) atoms. The molecule has 6 aliphatic rings. The molecule has 5 fully saturated rings. The second kappa shape index (κ2) is 32.6. The Morgan fingerprint density at radius 2 is 1.27 bits per heavy atom. The van der Waals surface area contributed by atoms with Crippen LogP contribution in [0.1, 0.15) is 170 Å². The highest BCUT2D eigenvalue weighted by molar-refractivity contribution is 8.00. The van der Waals surface area contributed by atoms with E-state index in [9.17, 15) is 58.2 Å². The first-order valence-corrected chi connectivity index (χ1v) is 35.0. The SMILES string of the molecule is CC(=O)O[C@H]1C(=O)[C@]2(C)[C@@H](OC(=O)CCNC(=O)CCCCCNC(=O)CCCCCNC(=O)CCCC[C@@H]3SC[C@@H]4NC(=O)N[C@@H]43)C[C@H]3OC[C@@]3(OC(C)=O)[C@H]2[C@H](OC(=O)c2ccccc2)[C@]2(O)C[C@H](OC(=O)[C@H](O)[C@@H](NC(=O)c3ccccc3)c3ccccc3)C(C)=C1C2(C)C. The van der Waals surface area contributed by atoms with Gasteiger partial charge in [-0.2, -0.15) is 11.8 Å². The number of thioether (sulfide) groups is 1. The molecule has 0 aromatic heterocycles. The number of aliphatic hydroxyl groups is 2. The third-order valence-electron chi connectivity index (χ3n) is 20.3. The number of ketones is 1. The molecule has 0 spiro atoms. The molecule has 9 rings (SSSR count). The van der Waals surface area contributed by atoms with E-state index in [1.165, 1.54) is 39.8 Å². The molecule has 8 N–H and O–H groups in total. The van der Waals surface area contributed by atoms with Crippen LogP contribution in [0.2, 0.25) is 0 Å². The third-order valence-corrected chi connectivity index (χ3v) is 21.8. The first-order valence-electron chi connectivity index (χ1n) is 34.0. The van der Waals surface area contributed by atoms with Gasteiger partial charge < -0.3 is 70.5 Å². The number of nitrogens with one attached hydrogen (secondary N) is 6. The fourth-order valence-electron chi connectivity index (χ4n) is 15.0. The summed E-state index contributed by atoms with van der Waals surface area (Å²) in [6, 6.07) is 22.8. The van der Waals surface area contributed by atoms with E-state index in [1.807, 2.05) is 11.8 Å². The molecule has 3 aromatic carbocycles. The zero-order valence-electron chi connectivity index (χ0n) is 56.4. The molecule has 530 valence electrons. The molecule has 2 bridgehead atoms. The van der Waals surface area contributed by atoms with Crippen molar-refractivity contribution in [2.24, 2.45) is 16.7 Å². The van der Waals surface area contributed by atoms with Gasteiger partial charge in [-0.15, -0.1) is 0 Å². The van der Waals surface area contributed by atoms with Crippen molar-refractivity contribution in [3.63, 3.8) is 0 Å². The number of urea groups is 1. The van der Waals surface area contributed by atoms with Gasteiger partial charge in [-0.3, -0.25) is 38.4 Å². The minimum Gasteiger partial charge on any atom is -0.461 e. The van der Waals surface area contributed by atoms with Gasteiger partial charge in [-0.25, -0.2) is 14.4 Å². The number of esters is 5. The third kappa shape index (κ3) is 16.7. The molecule has 3 saturated heterocycles. The highest BCUT2D eigenvalue weighted by atomic mass is 32.2. The summed E-state index contributed by atoms with van der Waals surface area (Å²) in [7, 11) is 0. The lowest BCUT2D eigenvalue weighted by molar-refractivity contribution is -0.346. The molecule has 2 saturated carbocycles. The Kier molecular flexibility index (Phi) is 24.7. The topological polar surface area (TPSA) is 356 Å². The van der Waals surface area contributed by atoms with Gasteiger partial charge in [-0.05, 0) is 93.3 Å². The molecule has 6 amide bonds. The Labute approximate surface area is 574 Å². The molecule has 3 heterocycles. The van der Waals surface area contributed by atoms with Gasteiger partial charge >= 0.3 is 35.9 Å². The van der Waals surface area contributed by atoms with Gasteiger partial charge in [0.1, 0.15) is 30.0 Å². The van der Waals surface area contributed by atoms with Crippen molar-refractivity contribution in [3.05, 3.63) is 119 Å². The molecule has 0 radical (unpaired) electrons. The van der Waals surface area contributed by atoms with Gasteiger partial charge in [0.25, 0.3) is 5.91 Å². The van der Waals surface area contributed by atoms with E-state index in [4.69, 9.17) is 28.4 Å². The van der Waals surface area contributed by atoms with Crippen LogP contribution < -0.4 is 31.9 Å². The number of carbonyl (C=O) groups excluding carboxylic acids is 11. The number of aliphatic hydroxyl groups excluding tert-OH is 1. The molecule has 3 aliphatic heterocycles. The maximum atomic E-state index is 16.4. The molecule has 26 heteroatoms. The lowest BCUT2D eigenvalue weighted by atomic mass is 9.44. The summed E-state index contributed by atoms with van der Waals surface area (Å²) in [6.45, 7) is 8.51. The van der Waals surface area contributed by atoms with Crippen molar-refractivity contribution in [1.82, 2.24) is 31.9 Å². The lowest BCUT2D eigenvalue weighted by Crippen LogP contribution is -2.82. The first kappa shape index (κ1) is 74.0. The quantitative estimate of drug-likeness (QED) is 0.0123. The summed E-state index contributed by atoms with van der Waals surface area (Å²) < 4.78 is 37.6. The van der Waals surface area contributed by atoms with E-state index in [2.05, 4.69) is 31.9 Å². The van der Waals surface area contributed by atoms with E-state index >= 15 is 4.79 Å². The number of hydrogen-bond acceptors (Lipinski definition) is 20. The van der Waals surface area contributed by atoms with E-state index in [0.717, 1.165) is 51.7 Å². The van der Waals surface area contributed by atoms with Crippen LogP contribution in [-0.4, -0.2) is 173 Å². The second-order valence-electron chi connectivity index (χ2n) is 27.1. The largest absolute Gasteiger partial charge is 0.461 e.